The molecule has 0 aromatic heterocycles. The van der Waals surface area contributed by atoms with Gasteiger partial charge in [0.25, 0.3) is 5.91 Å². The fourth-order valence-corrected chi connectivity index (χ4v) is 9.73. The average molecular weight is 659 g/mol. The number of benzene rings is 2. The van der Waals surface area contributed by atoms with Gasteiger partial charge in [-0.2, -0.15) is 0 Å². The molecule has 2 aromatic rings. The average Bonchev–Trinajstić information content (AvgIpc) is 3.14. The van der Waals surface area contributed by atoms with Gasteiger partial charge in [0.2, 0.25) is 10.0 Å². The molecule has 1 saturated carbocycles. The number of anilines is 1. The summed E-state index contributed by atoms with van der Waals surface area (Å²) in [5.74, 6) is 0.135. The molecule has 1 spiro atoms. The number of nitrogens with zero attached hydrogens (tertiary/aromatic N) is 1. The Balaban J connectivity index is 1.43. The van der Waals surface area contributed by atoms with Gasteiger partial charge < -0.3 is 19.5 Å². The van der Waals surface area contributed by atoms with Crippen LogP contribution in [0.15, 0.2) is 36.4 Å². The highest BCUT2D eigenvalue weighted by Crippen LogP contribution is 2.49. The summed E-state index contributed by atoms with van der Waals surface area (Å²) in [6.45, 7) is 8.15. The van der Waals surface area contributed by atoms with Crippen LogP contribution < -0.4 is 14.4 Å². The van der Waals surface area contributed by atoms with E-state index in [2.05, 4.69) is 21.8 Å². The van der Waals surface area contributed by atoms with Crippen LogP contribution in [0.25, 0.3) is 0 Å². The number of aryl methyl sites for hydroxylation is 1. The van der Waals surface area contributed by atoms with Gasteiger partial charge in [-0.3, -0.25) is 4.79 Å². The van der Waals surface area contributed by atoms with Crippen molar-refractivity contribution >= 4 is 33.2 Å². The molecular weight excluding hydrogens is 612 g/mol. The van der Waals surface area contributed by atoms with Gasteiger partial charge in [-0.1, -0.05) is 31.0 Å². The van der Waals surface area contributed by atoms with E-state index in [4.69, 9.17) is 21.1 Å². The lowest BCUT2D eigenvalue weighted by Crippen LogP contribution is -2.54. The SMILES string of the molecule is CCOC[C@]1(O)CCC[C@H](C)[C@@H](C)S(=O)(=O)NC(=O)c2ccc3c(c2)N(C[C@@H]2CC[C@H]21)C[C@@]1(CCCc2cc(Cl)ccc21)CO3. The molecule has 0 radical (unpaired) electrons. The van der Waals surface area contributed by atoms with E-state index < -0.39 is 26.8 Å². The second kappa shape index (κ2) is 12.7. The Morgan fingerprint density at radius 3 is 2.69 bits per heavy atom. The minimum Gasteiger partial charge on any atom is -0.490 e. The highest BCUT2D eigenvalue weighted by atomic mass is 35.5. The Morgan fingerprint density at radius 1 is 1.11 bits per heavy atom. The molecule has 0 unspecified atom stereocenters. The number of hydrogen-bond acceptors (Lipinski definition) is 7. The van der Waals surface area contributed by atoms with Crippen LogP contribution >= 0.6 is 11.6 Å². The van der Waals surface area contributed by atoms with Gasteiger partial charge >= 0.3 is 0 Å². The third kappa shape index (κ3) is 6.34. The number of ether oxygens (including phenoxy) is 2. The lowest BCUT2D eigenvalue weighted by molar-refractivity contribution is -0.131. The number of aliphatic hydroxyl groups is 1. The Labute approximate surface area is 272 Å². The normalized spacial score (nSPS) is 33.2. The van der Waals surface area contributed by atoms with E-state index in [1.165, 1.54) is 11.1 Å². The molecule has 8 nitrogen and oxygen atoms in total. The van der Waals surface area contributed by atoms with E-state index >= 15 is 0 Å². The second-order valence-electron chi connectivity index (χ2n) is 14.0. The van der Waals surface area contributed by atoms with E-state index in [-0.39, 0.29) is 35.3 Å². The fraction of sp³-hybridized carbons (Fsp3) is 0.629. The molecule has 246 valence electrons. The van der Waals surface area contributed by atoms with Crippen molar-refractivity contribution in [2.75, 3.05) is 37.8 Å². The van der Waals surface area contributed by atoms with Gasteiger partial charge in [0.15, 0.2) is 0 Å². The molecule has 6 rings (SSSR count). The molecule has 2 bridgehead atoms. The number of hydrogen-bond donors (Lipinski definition) is 2. The highest BCUT2D eigenvalue weighted by Gasteiger charge is 2.49. The summed E-state index contributed by atoms with van der Waals surface area (Å²) in [5.41, 5.74) is 2.29. The number of sulfonamides is 1. The predicted octanol–water partition coefficient (Wildman–Crippen LogP) is 5.88. The molecule has 1 amide bonds. The molecule has 2 aromatic carbocycles. The monoisotopic (exact) mass is 658 g/mol. The number of nitrogens with one attached hydrogen (secondary N) is 1. The van der Waals surface area contributed by atoms with E-state index in [0.29, 0.717) is 51.3 Å². The van der Waals surface area contributed by atoms with Gasteiger partial charge in [-0.05, 0) is 118 Å². The summed E-state index contributed by atoms with van der Waals surface area (Å²) in [4.78, 5) is 15.8. The van der Waals surface area contributed by atoms with E-state index in [0.717, 1.165) is 42.8 Å². The van der Waals surface area contributed by atoms with Gasteiger partial charge in [0.05, 0.1) is 29.8 Å². The zero-order valence-corrected chi connectivity index (χ0v) is 28.3. The van der Waals surface area contributed by atoms with Gasteiger partial charge in [-0.25, -0.2) is 13.1 Å². The maximum atomic E-state index is 13.4. The first-order valence-electron chi connectivity index (χ1n) is 16.6. The summed E-state index contributed by atoms with van der Waals surface area (Å²) in [6, 6.07) is 11.4. The number of fused-ring (bicyclic) bond motifs is 4. The lowest BCUT2D eigenvalue weighted by Gasteiger charge is -2.50. The zero-order chi connectivity index (χ0) is 32.0. The van der Waals surface area contributed by atoms with Crippen LogP contribution in [-0.4, -0.2) is 63.2 Å². The summed E-state index contributed by atoms with van der Waals surface area (Å²) < 4.78 is 41.5. The van der Waals surface area contributed by atoms with Crippen molar-refractivity contribution in [1.29, 1.82) is 0 Å². The van der Waals surface area contributed by atoms with E-state index in [1.807, 2.05) is 19.9 Å². The van der Waals surface area contributed by atoms with Crippen molar-refractivity contribution in [2.45, 2.75) is 88.4 Å². The first kappa shape index (κ1) is 32.6. The number of amides is 1. The molecule has 4 aliphatic rings. The van der Waals surface area contributed by atoms with Crippen LogP contribution in [-0.2, 0) is 26.6 Å². The quantitative estimate of drug-likeness (QED) is 0.425. The number of carbonyl (C=O) groups is 1. The highest BCUT2D eigenvalue weighted by molar-refractivity contribution is 7.90. The fourth-order valence-electron chi connectivity index (χ4n) is 8.23. The van der Waals surface area contributed by atoms with E-state index in [1.54, 1.807) is 25.1 Å². The Hall–Kier alpha value is -2.33. The maximum Gasteiger partial charge on any atom is 0.264 e. The van der Waals surface area contributed by atoms with Crippen LogP contribution in [0, 0.1) is 17.8 Å². The third-order valence-corrected chi connectivity index (χ3v) is 13.4. The topological polar surface area (TPSA) is 105 Å². The predicted molar refractivity (Wildman–Crippen MR) is 177 cm³/mol. The largest absolute Gasteiger partial charge is 0.490 e. The first-order chi connectivity index (χ1) is 21.4. The van der Waals surface area contributed by atoms with Crippen molar-refractivity contribution in [2.24, 2.45) is 17.8 Å². The summed E-state index contributed by atoms with van der Waals surface area (Å²) in [6.07, 6.45) is 6.69. The van der Waals surface area contributed by atoms with Crippen LogP contribution in [0.2, 0.25) is 5.02 Å². The Bertz CT molecular complexity index is 1530. The molecule has 10 heteroatoms. The molecule has 2 heterocycles. The van der Waals surface area contributed by atoms with Crippen molar-refractivity contribution in [3.8, 4) is 5.75 Å². The van der Waals surface area contributed by atoms with Crippen LogP contribution in [0.4, 0.5) is 5.69 Å². The van der Waals surface area contributed by atoms with Crippen molar-refractivity contribution in [3.63, 3.8) is 0 Å². The van der Waals surface area contributed by atoms with Crippen LogP contribution in [0.3, 0.4) is 0 Å². The van der Waals surface area contributed by atoms with Crippen molar-refractivity contribution in [1.82, 2.24) is 4.72 Å². The minimum absolute atomic E-state index is 0.0564. The van der Waals surface area contributed by atoms with Crippen molar-refractivity contribution in [3.05, 3.63) is 58.1 Å². The second-order valence-corrected chi connectivity index (χ2v) is 16.5. The first-order valence-corrected chi connectivity index (χ1v) is 18.5. The smallest absolute Gasteiger partial charge is 0.264 e. The molecule has 6 atom stereocenters. The van der Waals surface area contributed by atoms with E-state index in [9.17, 15) is 18.3 Å². The third-order valence-electron chi connectivity index (χ3n) is 11.2. The number of halogens is 1. The van der Waals surface area contributed by atoms with Crippen LogP contribution in [0.1, 0.15) is 87.2 Å². The Morgan fingerprint density at radius 2 is 1.93 bits per heavy atom. The molecular formula is C35H47ClN2O6S. The molecule has 45 heavy (non-hydrogen) atoms. The molecule has 2 N–H and O–H groups in total. The van der Waals surface area contributed by atoms with Crippen molar-refractivity contribution < 1.29 is 27.8 Å². The summed E-state index contributed by atoms with van der Waals surface area (Å²) >= 11 is 6.42. The van der Waals surface area contributed by atoms with Crippen LogP contribution in [0.5, 0.6) is 5.75 Å². The van der Waals surface area contributed by atoms with Gasteiger partial charge in [0.1, 0.15) is 5.75 Å². The summed E-state index contributed by atoms with van der Waals surface area (Å²) in [5, 5.41) is 12.1. The molecule has 0 saturated heterocycles. The minimum atomic E-state index is -3.93. The van der Waals surface area contributed by atoms with Gasteiger partial charge in [-0.15, -0.1) is 0 Å². The zero-order valence-electron chi connectivity index (χ0n) is 26.7. The Kier molecular flexibility index (Phi) is 9.20. The molecule has 1 fully saturated rings. The number of carbonyl (C=O) groups excluding carboxylic acids is 1. The standard InChI is InChI=1S/C35H47ClN2O6S/c1-4-43-22-35(40)16-5-7-23(2)24(3)45(41,42)37-33(39)26-10-14-32-31(18-26)38(19-27-9-12-30(27)35)20-34(21-44-32)15-6-8-25-17-28(36)11-13-29(25)34/h10-11,13-14,17-18,23-24,27,30,40H,4-9,12,15-16,19-22H2,1-3H3,(H,37,39)/t23-,24+,27-,30+,34-,35+/m0/s1. The molecule has 2 aliphatic carbocycles. The molecule has 2 aliphatic heterocycles. The summed E-state index contributed by atoms with van der Waals surface area (Å²) in [7, 11) is -3.93. The lowest BCUT2D eigenvalue weighted by atomic mass is 9.63. The maximum absolute atomic E-state index is 13.4. The van der Waals surface area contributed by atoms with Gasteiger partial charge in [0, 0.05) is 35.7 Å². The number of rotatable bonds is 3.